The van der Waals surface area contributed by atoms with Crippen molar-refractivity contribution in [1.29, 1.82) is 0 Å². The quantitative estimate of drug-likeness (QED) is 0.792. The fourth-order valence-electron chi connectivity index (χ4n) is 1.81. The van der Waals surface area contributed by atoms with E-state index >= 15 is 0 Å². The molecular formula is C11H12O2S2. The Kier molecular flexibility index (Phi) is 2.98. The fourth-order valence-corrected chi connectivity index (χ4v) is 5.57. The molecule has 0 aliphatic carbocycles. The van der Waals surface area contributed by atoms with Gasteiger partial charge in [-0.05, 0) is 12.5 Å². The van der Waals surface area contributed by atoms with E-state index in [0.717, 1.165) is 11.3 Å². The number of hydrogen-bond acceptors (Lipinski definition) is 3. The van der Waals surface area contributed by atoms with Crippen molar-refractivity contribution in [2.45, 2.75) is 11.0 Å². The SMILES string of the molecule is CC(=O)[C@]1(c2ccccc2)SCCS1=O. The number of rotatable bonds is 2. The van der Waals surface area contributed by atoms with Gasteiger partial charge in [0.05, 0.1) is 10.8 Å². The second kappa shape index (κ2) is 4.10. The maximum absolute atomic E-state index is 12.0. The van der Waals surface area contributed by atoms with Crippen LogP contribution in [0.3, 0.4) is 0 Å². The van der Waals surface area contributed by atoms with E-state index in [-0.39, 0.29) is 5.78 Å². The highest BCUT2D eigenvalue weighted by molar-refractivity contribution is 8.15. The first kappa shape index (κ1) is 10.9. The van der Waals surface area contributed by atoms with Gasteiger partial charge in [0.15, 0.2) is 9.86 Å². The van der Waals surface area contributed by atoms with Crippen molar-refractivity contribution in [1.82, 2.24) is 0 Å². The van der Waals surface area contributed by atoms with Crippen molar-refractivity contribution >= 4 is 28.3 Å². The molecule has 0 N–H and O–H groups in total. The average molecular weight is 240 g/mol. The molecule has 1 fully saturated rings. The monoisotopic (exact) mass is 240 g/mol. The molecule has 1 unspecified atom stereocenters. The van der Waals surface area contributed by atoms with Gasteiger partial charge in [0.25, 0.3) is 0 Å². The molecule has 2 atom stereocenters. The Morgan fingerprint density at radius 1 is 1.40 bits per heavy atom. The molecule has 2 nitrogen and oxygen atoms in total. The van der Waals surface area contributed by atoms with Crippen LogP contribution in [-0.2, 0) is 19.7 Å². The summed E-state index contributed by atoms with van der Waals surface area (Å²) in [5, 5.41) is 0. The highest BCUT2D eigenvalue weighted by Crippen LogP contribution is 2.45. The standard InChI is InChI=1S/C11H12O2S2/c1-9(12)11(14-7-8-15(11)13)10-5-3-2-4-6-10/h2-6H,7-8H2,1H3/t11-,15?/m0/s1. The van der Waals surface area contributed by atoms with Crippen molar-refractivity contribution < 1.29 is 9.00 Å². The van der Waals surface area contributed by atoms with E-state index in [4.69, 9.17) is 0 Å². The van der Waals surface area contributed by atoms with Gasteiger partial charge in [-0.1, -0.05) is 30.3 Å². The lowest BCUT2D eigenvalue weighted by Crippen LogP contribution is -2.32. The first-order valence-corrected chi connectivity index (χ1v) is 7.07. The number of hydrogen-bond donors (Lipinski definition) is 0. The third-order valence-electron chi connectivity index (χ3n) is 2.51. The molecule has 1 aromatic carbocycles. The van der Waals surface area contributed by atoms with Gasteiger partial charge >= 0.3 is 0 Å². The van der Waals surface area contributed by atoms with Crippen LogP contribution < -0.4 is 0 Å². The van der Waals surface area contributed by atoms with E-state index in [1.54, 1.807) is 0 Å². The van der Waals surface area contributed by atoms with Crippen LogP contribution in [0.2, 0.25) is 0 Å². The molecule has 1 aromatic rings. The highest BCUT2D eigenvalue weighted by atomic mass is 32.2. The minimum absolute atomic E-state index is 0.00506. The van der Waals surface area contributed by atoms with E-state index in [1.807, 2.05) is 30.3 Å². The van der Waals surface area contributed by atoms with E-state index in [0.29, 0.717) is 5.75 Å². The molecule has 0 amide bonds. The first-order valence-electron chi connectivity index (χ1n) is 4.77. The van der Waals surface area contributed by atoms with Gasteiger partial charge in [0.1, 0.15) is 0 Å². The van der Waals surface area contributed by atoms with Crippen LogP contribution in [-0.4, -0.2) is 21.5 Å². The first-order chi connectivity index (χ1) is 7.18. The molecule has 80 valence electrons. The zero-order valence-corrected chi connectivity index (χ0v) is 10.1. The van der Waals surface area contributed by atoms with Crippen LogP contribution in [0.1, 0.15) is 12.5 Å². The summed E-state index contributed by atoms with van der Waals surface area (Å²) in [7, 11) is -1.09. The van der Waals surface area contributed by atoms with Crippen LogP contribution in [0.4, 0.5) is 0 Å². The maximum atomic E-state index is 12.0. The molecule has 0 spiro atoms. The van der Waals surface area contributed by atoms with Crippen LogP contribution in [0.25, 0.3) is 0 Å². The lowest BCUT2D eigenvalue weighted by atomic mass is 10.1. The molecule has 1 heterocycles. The summed E-state index contributed by atoms with van der Waals surface area (Å²) < 4.78 is 11.2. The lowest BCUT2D eigenvalue weighted by molar-refractivity contribution is -0.117. The minimum Gasteiger partial charge on any atom is -0.297 e. The largest absolute Gasteiger partial charge is 0.297 e. The third kappa shape index (κ3) is 1.66. The Morgan fingerprint density at radius 3 is 2.53 bits per heavy atom. The maximum Gasteiger partial charge on any atom is 0.174 e. The number of benzene rings is 1. The van der Waals surface area contributed by atoms with Crippen molar-refractivity contribution in [3.63, 3.8) is 0 Å². The van der Waals surface area contributed by atoms with Crippen LogP contribution >= 0.6 is 11.8 Å². The molecule has 4 heteroatoms. The van der Waals surface area contributed by atoms with Gasteiger partial charge in [0, 0.05) is 11.5 Å². The average Bonchev–Trinajstić information content (AvgIpc) is 2.62. The van der Waals surface area contributed by atoms with E-state index in [9.17, 15) is 9.00 Å². The van der Waals surface area contributed by atoms with Crippen molar-refractivity contribution in [2.75, 3.05) is 11.5 Å². The molecule has 0 aromatic heterocycles. The predicted molar refractivity (Wildman–Crippen MR) is 64.3 cm³/mol. The number of ketones is 1. The second-order valence-electron chi connectivity index (χ2n) is 3.44. The van der Waals surface area contributed by atoms with Crippen molar-refractivity contribution in [2.24, 2.45) is 0 Å². The summed E-state index contributed by atoms with van der Waals surface area (Å²) in [5.74, 6) is 1.40. The predicted octanol–water partition coefficient (Wildman–Crippen LogP) is 1.92. The van der Waals surface area contributed by atoms with Gasteiger partial charge in [0.2, 0.25) is 0 Å². The van der Waals surface area contributed by atoms with Gasteiger partial charge in [-0.2, -0.15) is 0 Å². The lowest BCUT2D eigenvalue weighted by Gasteiger charge is -2.23. The van der Waals surface area contributed by atoms with Crippen molar-refractivity contribution in [3.8, 4) is 0 Å². The Morgan fingerprint density at radius 2 is 2.07 bits per heavy atom. The number of carbonyl (C=O) groups is 1. The molecule has 1 saturated heterocycles. The fraction of sp³-hybridized carbons (Fsp3) is 0.364. The third-order valence-corrected chi connectivity index (χ3v) is 6.76. The topological polar surface area (TPSA) is 34.1 Å². The van der Waals surface area contributed by atoms with E-state index in [1.165, 1.54) is 18.7 Å². The Balaban J connectivity index is 2.53. The van der Waals surface area contributed by atoms with Crippen molar-refractivity contribution in [3.05, 3.63) is 35.9 Å². The van der Waals surface area contributed by atoms with Gasteiger partial charge in [-0.3, -0.25) is 9.00 Å². The summed E-state index contributed by atoms with van der Waals surface area (Å²) in [6.07, 6.45) is 0. The summed E-state index contributed by atoms with van der Waals surface area (Å²) in [5.41, 5.74) is 0.873. The molecule has 0 saturated carbocycles. The molecular weight excluding hydrogens is 228 g/mol. The number of thioether (sulfide) groups is 1. The Hall–Kier alpha value is -0.610. The normalized spacial score (nSPS) is 30.3. The number of Topliss-reactive ketones (excluding diaryl/α,β-unsaturated/α-hetero) is 1. The van der Waals surface area contributed by atoms with E-state index in [2.05, 4.69) is 0 Å². The van der Waals surface area contributed by atoms with Gasteiger partial charge < -0.3 is 0 Å². The zero-order chi connectivity index (χ0) is 10.9. The molecule has 1 aliphatic rings. The van der Waals surface area contributed by atoms with Gasteiger partial charge in [-0.15, -0.1) is 11.8 Å². The molecule has 1 aliphatic heterocycles. The minimum atomic E-state index is -1.09. The summed E-state index contributed by atoms with van der Waals surface area (Å²) in [4.78, 5) is 11.8. The van der Waals surface area contributed by atoms with Gasteiger partial charge in [-0.25, -0.2) is 0 Å². The number of carbonyl (C=O) groups excluding carboxylic acids is 1. The molecule has 2 rings (SSSR count). The Labute approximate surface area is 95.9 Å². The molecule has 0 bridgehead atoms. The zero-order valence-electron chi connectivity index (χ0n) is 8.43. The Bertz CT molecular complexity index is 402. The van der Waals surface area contributed by atoms with E-state index < -0.39 is 14.9 Å². The molecule has 15 heavy (non-hydrogen) atoms. The smallest absolute Gasteiger partial charge is 0.174 e. The van der Waals surface area contributed by atoms with Crippen LogP contribution in [0.5, 0.6) is 0 Å². The summed E-state index contributed by atoms with van der Waals surface area (Å²) in [6.45, 7) is 1.53. The highest BCUT2D eigenvalue weighted by Gasteiger charge is 2.47. The summed E-state index contributed by atoms with van der Waals surface area (Å²) in [6, 6.07) is 9.45. The summed E-state index contributed by atoms with van der Waals surface area (Å²) >= 11 is 1.51. The van der Waals surface area contributed by atoms with Crippen LogP contribution in [0.15, 0.2) is 30.3 Å². The molecule has 0 radical (unpaired) electrons. The second-order valence-corrected chi connectivity index (χ2v) is 6.72. The van der Waals surface area contributed by atoms with Crippen LogP contribution in [0, 0.1) is 0 Å².